The quantitative estimate of drug-likeness (QED) is 0.612. The molecule has 0 radical (unpaired) electrons. The highest BCUT2D eigenvalue weighted by Crippen LogP contribution is 2.33. The fourth-order valence-electron chi connectivity index (χ4n) is 2.97. The fraction of sp³-hybridized carbons (Fsp3) is 0.150. The van der Waals surface area contributed by atoms with Crippen molar-refractivity contribution in [2.24, 2.45) is 0 Å². The lowest BCUT2D eigenvalue weighted by Crippen LogP contribution is -2.08. The number of nitrogens with zero attached hydrogens (tertiary/aromatic N) is 4. The van der Waals surface area contributed by atoms with Gasteiger partial charge in [-0.15, -0.1) is 5.10 Å². The van der Waals surface area contributed by atoms with E-state index in [0.29, 0.717) is 17.4 Å². The molecule has 0 spiro atoms. The Morgan fingerprint density at radius 3 is 2.04 bits per heavy atom. The highest BCUT2D eigenvalue weighted by Gasteiger charge is 2.20. The molecule has 4 aromatic rings. The molecule has 0 saturated carbocycles. The Bertz CT molecular complexity index is 1020. The molecular formula is C20H19N5. The average Bonchev–Trinajstić information content (AvgIpc) is 3.08. The van der Waals surface area contributed by atoms with E-state index in [4.69, 9.17) is 10.7 Å². The summed E-state index contributed by atoms with van der Waals surface area (Å²) in [6, 6.07) is 19.9. The van der Waals surface area contributed by atoms with Crippen LogP contribution in [-0.4, -0.2) is 19.6 Å². The van der Waals surface area contributed by atoms with E-state index in [9.17, 15) is 0 Å². The fourth-order valence-corrected chi connectivity index (χ4v) is 2.97. The van der Waals surface area contributed by atoms with Crippen LogP contribution in [0.2, 0.25) is 0 Å². The Labute approximate surface area is 146 Å². The lowest BCUT2D eigenvalue weighted by molar-refractivity contribution is 0.814. The third-order valence-corrected chi connectivity index (χ3v) is 4.19. The number of hydrogen-bond acceptors (Lipinski definition) is 4. The molecule has 4 rings (SSSR count). The summed E-state index contributed by atoms with van der Waals surface area (Å²) in [5, 5.41) is 4.59. The summed E-state index contributed by atoms with van der Waals surface area (Å²) < 4.78 is 1.64. The van der Waals surface area contributed by atoms with E-state index in [1.165, 1.54) is 0 Å². The maximum Gasteiger partial charge on any atom is 0.254 e. The highest BCUT2D eigenvalue weighted by molar-refractivity contribution is 5.78. The van der Waals surface area contributed by atoms with Crippen molar-refractivity contribution in [2.45, 2.75) is 19.8 Å². The molecule has 0 amide bonds. The van der Waals surface area contributed by atoms with Crippen molar-refractivity contribution in [1.82, 2.24) is 19.6 Å². The van der Waals surface area contributed by atoms with Gasteiger partial charge in [0.1, 0.15) is 5.82 Å². The van der Waals surface area contributed by atoms with E-state index in [1.807, 2.05) is 60.7 Å². The summed E-state index contributed by atoms with van der Waals surface area (Å²) in [4.78, 5) is 9.35. The number of nitrogen functional groups attached to an aromatic ring is 1. The van der Waals surface area contributed by atoms with Gasteiger partial charge in [-0.1, -0.05) is 74.5 Å². The summed E-state index contributed by atoms with van der Waals surface area (Å²) in [7, 11) is 0. The maximum absolute atomic E-state index is 6.50. The van der Waals surface area contributed by atoms with Crippen molar-refractivity contribution >= 4 is 11.6 Å². The average molecular weight is 329 g/mol. The predicted molar refractivity (Wildman–Crippen MR) is 100 cm³/mol. The second-order valence-electron chi connectivity index (χ2n) is 6.29. The molecule has 5 heteroatoms. The predicted octanol–water partition coefficient (Wildman–Crippen LogP) is 4.16. The maximum atomic E-state index is 6.50. The minimum absolute atomic E-state index is 0.222. The van der Waals surface area contributed by atoms with Gasteiger partial charge in [-0.2, -0.15) is 9.50 Å². The largest absolute Gasteiger partial charge is 0.383 e. The second kappa shape index (κ2) is 6.02. The standard InChI is InChI=1S/C20H19N5/c1-13(2)17-16(14-9-5-3-6-10-14)18(21)25-20(22-17)23-19(24-25)15-11-7-4-8-12-15/h3-13H,21H2,1-2H3. The van der Waals surface area contributed by atoms with E-state index >= 15 is 0 Å². The Kier molecular flexibility index (Phi) is 3.69. The van der Waals surface area contributed by atoms with Crippen molar-refractivity contribution in [3.8, 4) is 22.5 Å². The van der Waals surface area contributed by atoms with Crippen LogP contribution in [0.15, 0.2) is 60.7 Å². The molecule has 0 aliphatic heterocycles. The minimum Gasteiger partial charge on any atom is -0.383 e. The molecule has 25 heavy (non-hydrogen) atoms. The number of hydrogen-bond donors (Lipinski definition) is 1. The van der Waals surface area contributed by atoms with E-state index in [-0.39, 0.29) is 5.92 Å². The van der Waals surface area contributed by atoms with Crippen LogP contribution >= 0.6 is 0 Å². The molecule has 0 aliphatic rings. The van der Waals surface area contributed by atoms with Gasteiger partial charge in [0.25, 0.3) is 5.78 Å². The molecule has 0 unspecified atom stereocenters. The molecule has 0 aliphatic carbocycles. The van der Waals surface area contributed by atoms with Gasteiger partial charge in [0.05, 0.1) is 5.69 Å². The van der Waals surface area contributed by atoms with Crippen LogP contribution in [0.4, 0.5) is 5.82 Å². The van der Waals surface area contributed by atoms with Gasteiger partial charge < -0.3 is 5.73 Å². The lowest BCUT2D eigenvalue weighted by Gasteiger charge is -2.15. The van der Waals surface area contributed by atoms with Gasteiger partial charge in [-0.05, 0) is 11.5 Å². The summed E-state index contributed by atoms with van der Waals surface area (Å²) >= 11 is 0. The number of rotatable bonds is 3. The Morgan fingerprint density at radius 2 is 1.44 bits per heavy atom. The van der Waals surface area contributed by atoms with Gasteiger partial charge in [-0.25, -0.2) is 4.98 Å². The van der Waals surface area contributed by atoms with Crippen molar-refractivity contribution in [1.29, 1.82) is 0 Å². The van der Waals surface area contributed by atoms with Crippen LogP contribution in [0, 0.1) is 0 Å². The van der Waals surface area contributed by atoms with Gasteiger partial charge in [0.15, 0.2) is 5.82 Å². The number of benzene rings is 2. The van der Waals surface area contributed by atoms with Gasteiger partial charge in [0, 0.05) is 11.1 Å². The molecule has 0 atom stereocenters. The van der Waals surface area contributed by atoms with Gasteiger partial charge in [-0.3, -0.25) is 0 Å². The zero-order chi connectivity index (χ0) is 17.4. The number of nitrogens with two attached hydrogens (primary N) is 1. The zero-order valence-electron chi connectivity index (χ0n) is 14.2. The second-order valence-corrected chi connectivity index (χ2v) is 6.29. The minimum atomic E-state index is 0.222. The first kappa shape index (κ1) is 15.3. The summed E-state index contributed by atoms with van der Waals surface area (Å²) in [5.74, 6) is 1.94. The Hall–Kier alpha value is -3.21. The first-order valence-electron chi connectivity index (χ1n) is 8.32. The molecule has 2 heterocycles. The monoisotopic (exact) mass is 329 g/mol. The molecule has 2 aromatic heterocycles. The molecule has 0 saturated heterocycles. The topological polar surface area (TPSA) is 69.1 Å². The summed E-state index contributed by atoms with van der Waals surface area (Å²) in [6.45, 7) is 4.22. The normalized spacial score (nSPS) is 11.3. The highest BCUT2D eigenvalue weighted by atomic mass is 15.4. The van der Waals surface area contributed by atoms with Crippen LogP contribution in [0.1, 0.15) is 25.5 Å². The van der Waals surface area contributed by atoms with E-state index in [0.717, 1.165) is 22.4 Å². The van der Waals surface area contributed by atoms with E-state index in [1.54, 1.807) is 4.52 Å². The Balaban J connectivity index is 1.99. The molecule has 2 aromatic carbocycles. The summed E-state index contributed by atoms with van der Waals surface area (Å²) in [5.41, 5.74) is 10.3. The van der Waals surface area contributed by atoms with Crippen molar-refractivity contribution < 1.29 is 0 Å². The molecule has 2 N–H and O–H groups in total. The van der Waals surface area contributed by atoms with Crippen molar-refractivity contribution in [2.75, 3.05) is 5.73 Å². The van der Waals surface area contributed by atoms with Crippen LogP contribution < -0.4 is 5.73 Å². The van der Waals surface area contributed by atoms with Crippen LogP contribution in [0.25, 0.3) is 28.3 Å². The van der Waals surface area contributed by atoms with Crippen LogP contribution in [0.3, 0.4) is 0 Å². The summed E-state index contributed by atoms with van der Waals surface area (Å²) in [6.07, 6.45) is 0. The van der Waals surface area contributed by atoms with E-state index < -0.39 is 0 Å². The number of fused-ring (bicyclic) bond motifs is 1. The van der Waals surface area contributed by atoms with Crippen molar-refractivity contribution in [3.05, 3.63) is 66.4 Å². The molecule has 124 valence electrons. The zero-order valence-corrected chi connectivity index (χ0v) is 14.2. The first-order valence-corrected chi connectivity index (χ1v) is 8.32. The SMILES string of the molecule is CC(C)c1nc2nc(-c3ccccc3)nn2c(N)c1-c1ccccc1. The van der Waals surface area contributed by atoms with Crippen LogP contribution in [-0.2, 0) is 0 Å². The van der Waals surface area contributed by atoms with Gasteiger partial charge in [0.2, 0.25) is 0 Å². The lowest BCUT2D eigenvalue weighted by atomic mass is 9.98. The number of anilines is 1. The molecular weight excluding hydrogens is 310 g/mol. The van der Waals surface area contributed by atoms with Gasteiger partial charge >= 0.3 is 0 Å². The Morgan fingerprint density at radius 1 is 0.840 bits per heavy atom. The third-order valence-electron chi connectivity index (χ3n) is 4.19. The first-order chi connectivity index (χ1) is 12.1. The third kappa shape index (κ3) is 2.63. The van der Waals surface area contributed by atoms with E-state index in [2.05, 4.69) is 23.9 Å². The molecule has 5 nitrogen and oxygen atoms in total. The molecule has 0 fully saturated rings. The number of aromatic nitrogens is 4. The van der Waals surface area contributed by atoms with Crippen LogP contribution in [0.5, 0.6) is 0 Å². The molecule has 0 bridgehead atoms. The van der Waals surface area contributed by atoms with Crippen molar-refractivity contribution in [3.63, 3.8) is 0 Å². The smallest absolute Gasteiger partial charge is 0.254 e.